The molecule has 2 aromatic rings. The van der Waals surface area contributed by atoms with Gasteiger partial charge in [-0.05, 0) is 31.5 Å². The van der Waals surface area contributed by atoms with E-state index in [4.69, 9.17) is 0 Å². The Morgan fingerprint density at radius 2 is 2.20 bits per heavy atom. The van der Waals surface area contributed by atoms with Crippen molar-refractivity contribution in [2.75, 3.05) is 13.1 Å². The van der Waals surface area contributed by atoms with Crippen molar-refractivity contribution in [3.05, 3.63) is 48.3 Å². The fourth-order valence-corrected chi connectivity index (χ4v) is 2.41. The fraction of sp³-hybridized carbons (Fsp3) is 0.333. The highest BCUT2D eigenvalue weighted by Gasteiger charge is 2.17. The van der Waals surface area contributed by atoms with E-state index in [2.05, 4.69) is 15.7 Å². The van der Waals surface area contributed by atoms with Gasteiger partial charge in [-0.25, -0.2) is 4.68 Å². The Kier molecular flexibility index (Phi) is 3.78. The molecule has 1 aliphatic rings. The molecule has 1 saturated heterocycles. The van der Waals surface area contributed by atoms with Crippen molar-refractivity contribution in [3.8, 4) is 5.69 Å². The van der Waals surface area contributed by atoms with Crippen LogP contribution in [0.1, 0.15) is 23.2 Å². The monoisotopic (exact) mass is 270 g/mol. The zero-order valence-corrected chi connectivity index (χ0v) is 11.2. The van der Waals surface area contributed by atoms with Crippen molar-refractivity contribution in [1.29, 1.82) is 0 Å². The lowest BCUT2D eigenvalue weighted by atomic mass is 10.1. The van der Waals surface area contributed by atoms with E-state index in [1.807, 2.05) is 30.3 Å². The van der Waals surface area contributed by atoms with Crippen molar-refractivity contribution in [2.24, 2.45) is 0 Å². The van der Waals surface area contributed by atoms with E-state index < -0.39 is 0 Å². The number of para-hydroxylation sites is 1. The second kappa shape index (κ2) is 5.88. The summed E-state index contributed by atoms with van der Waals surface area (Å²) in [6, 6.07) is 9.99. The van der Waals surface area contributed by atoms with E-state index in [9.17, 15) is 4.79 Å². The Bertz CT molecular complexity index is 573. The molecule has 0 unspecified atom stereocenters. The normalized spacial score (nSPS) is 18.7. The summed E-state index contributed by atoms with van der Waals surface area (Å²) >= 11 is 0. The number of carbonyl (C=O) groups excluding carboxylic acids is 1. The number of hydrogen-bond donors (Lipinski definition) is 2. The molecule has 104 valence electrons. The number of carbonyl (C=O) groups is 1. The maximum Gasteiger partial charge on any atom is 0.254 e. The summed E-state index contributed by atoms with van der Waals surface area (Å²) in [5.41, 5.74) is 1.55. The zero-order chi connectivity index (χ0) is 13.8. The Balaban J connectivity index is 1.68. The van der Waals surface area contributed by atoms with Crippen molar-refractivity contribution >= 4 is 5.91 Å². The third-order valence-electron chi connectivity index (χ3n) is 3.50. The maximum atomic E-state index is 12.2. The predicted molar refractivity (Wildman–Crippen MR) is 76.9 cm³/mol. The number of benzene rings is 1. The molecule has 1 aromatic heterocycles. The van der Waals surface area contributed by atoms with Gasteiger partial charge in [0.1, 0.15) is 0 Å². The topological polar surface area (TPSA) is 59.0 Å². The minimum atomic E-state index is -0.0547. The van der Waals surface area contributed by atoms with Crippen LogP contribution in [-0.2, 0) is 0 Å². The van der Waals surface area contributed by atoms with Crippen molar-refractivity contribution in [1.82, 2.24) is 20.4 Å². The van der Waals surface area contributed by atoms with Gasteiger partial charge >= 0.3 is 0 Å². The van der Waals surface area contributed by atoms with Gasteiger partial charge in [-0.15, -0.1) is 0 Å². The van der Waals surface area contributed by atoms with Gasteiger partial charge in [0, 0.05) is 18.8 Å². The van der Waals surface area contributed by atoms with Crippen molar-refractivity contribution in [3.63, 3.8) is 0 Å². The number of rotatable bonds is 3. The van der Waals surface area contributed by atoms with Crippen molar-refractivity contribution in [2.45, 2.75) is 18.9 Å². The molecule has 0 spiro atoms. The summed E-state index contributed by atoms with van der Waals surface area (Å²) < 4.78 is 1.72. The van der Waals surface area contributed by atoms with E-state index >= 15 is 0 Å². The van der Waals surface area contributed by atoms with Crippen LogP contribution in [0.15, 0.2) is 42.7 Å². The number of nitrogens with one attached hydrogen (secondary N) is 2. The third kappa shape index (κ3) is 2.88. The second-order valence-electron chi connectivity index (χ2n) is 5.03. The first-order chi connectivity index (χ1) is 9.83. The molecule has 2 heterocycles. The van der Waals surface area contributed by atoms with Crippen LogP contribution >= 0.6 is 0 Å². The third-order valence-corrected chi connectivity index (χ3v) is 3.50. The number of hydrogen-bond acceptors (Lipinski definition) is 3. The Hall–Kier alpha value is -2.14. The lowest BCUT2D eigenvalue weighted by molar-refractivity contribution is 0.0930. The van der Waals surface area contributed by atoms with Crippen LogP contribution in [0.3, 0.4) is 0 Å². The molecule has 1 aliphatic heterocycles. The Morgan fingerprint density at radius 1 is 1.35 bits per heavy atom. The fourth-order valence-electron chi connectivity index (χ4n) is 2.41. The minimum absolute atomic E-state index is 0.0547. The molecule has 3 rings (SSSR count). The highest BCUT2D eigenvalue weighted by atomic mass is 16.1. The molecule has 0 aliphatic carbocycles. The highest BCUT2D eigenvalue weighted by Crippen LogP contribution is 2.08. The van der Waals surface area contributed by atoms with Gasteiger partial charge in [-0.2, -0.15) is 5.10 Å². The molecular weight excluding hydrogens is 252 g/mol. The highest BCUT2D eigenvalue weighted by molar-refractivity contribution is 5.94. The van der Waals surface area contributed by atoms with Crippen LogP contribution in [0, 0.1) is 0 Å². The maximum absolute atomic E-state index is 12.2. The lowest BCUT2D eigenvalue weighted by Crippen LogP contribution is -2.45. The summed E-state index contributed by atoms with van der Waals surface area (Å²) in [6.45, 7) is 1.89. The molecular formula is C15H18N4O. The number of amides is 1. The smallest absolute Gasteiger partial charge is 0.254 e. The molecule has 1 fully saturated rings. The average molecular weight is 270 g/mol. The first kappa shape index (κ1) is 12.9. The van der Waals surface area contributed by atoms with Gasteiger partial charge in [0.2, 0.25) is 0 Å². The summed E-state index contributed by atoms with van der Waals surface area (Å²) in [5.74, 6) is -0.0547. The minimum Gasteiger partial charge on any atom is -0.348 e. The van der Waals surface area contributed by atoms with Crippen LogP contribution < -0.4 is 10.6 Å². The van der Waals surface area contributed by atoms with Gasteiger partial charge in [0.25, 0.3) is 5.91 Å². The molecule has 0 radical (unpaired) electrons. The predicted octanol–water partition coefficient (Wildman–Crippen LogP) is 1.35. The number of piperidine rings is 1. The quantitative estimate of drug-likeness (QED) is 0.885. The van der Waals surface area contributed by atoms with Crippen LogP contribution in [-0.4, -0.2) is 34.8 Å². The zero-order valence-electron chi connectivity index (χ0n) is 11.2. The van der Waals surface area contributed by atoms with E-state index in [-0.39, 0.29) is 11.9 Å². The van der Waals surface area contributed by atoms with Crippen molar-refractivity contribution < 1.29 is 4.79 Å². The van der Waals surface area contributed by atoms with E-state index in [1.165, 1.54) is 0 Å². The van der Waals surface area contributed by atoms with Gasteiger partial charge in [-0.3, -0.25) is 4.79 Å². The van der Waals surface area contributed by atoms with Gasteiger partial charge in [0.05, 0.1) is 17.4 Å². The summed E-state index contributed by atoms with van der Waals surface area (Å²) in [4.78, 5) is 12.2. The lowest BCUT2D eigenvalue weighted by Gasteiger charge is -2.23. The SMILES string of the molecule is O=C(N[C@@H]1CCCNC1)c1cnn(-c2ccccc2)c1. The first-order valence-corrected chi connectivity index (χ1v) is 6.94. The Labute approximate surface area is 118 Å². The molecule has 0 saturated carbocycles. The van der Waals surface area contributed by atoms with E-state index in [0.29, 0.717) is 5.56 Å². The van der Waals surface area contributed by atoms with Crippen LogP contribution in [0.5, 0.6) is 0 Å². The number of nitrogens with zero attached hydrogens (tertiary/aromatic N) is 2. The summed E-state index contributed by atoms with van der Waals surface area (Å²) in [5, 5.41) is 10.6. The van der Waals surface area contributed by atoms with E-state index in [1.54, 1.807) is 17.1 Å². The van der Waals surface area contributed by atoms with Gasteiger partial charge in [-0.1, -0.05) is 18.2 Å². The van der Waals surface area contributed by atoms with Crippen LogP contribution in [0.2, 0.25) is 0 Å². The molecule has 5 nitrogen and oxygen atoms in total. The summed E-state index contributed by atoms with van der Waals surface area (Å²) in [6.07, 6.45) is 5.51. The van der Waals surface area contributed by atoms with E-state index in [0.717, 1.165) is 31.6 Å². The van der Waals surface area contributed by atoms with Gasteiger partial charge < -0.3 is 10.6 Å². The van der Waals surface area contributed by atoms with Gasteiger partial charge in [0.15, 0.2) is 0 Å². The Morgan fingerprint density at radius 3 is 2.95 bits per heavy atom. The first-order valence-electron chi connectivity index (χ1n) is 6.94. The molecule has 0 bridgehead atoms. The molecule has 2 N–H and O–H groups in total. The van der Waals surface area contributed by atoms with Crippen LogP contribution in [0.25, 0.3) is 5.69 Å². The summed E-state index contributed by atoms with van der Waals surface area (Å²) in [7, 11) is 0. The van der Waals surface area contributed by atoms with Crippen LogP contribution in [0.4, 0.5) is 0 Å². The second-order valence-corrected chi connectivity index (χ2v) is 5.03. The number of aromatic nitrogens is 2. The molecule has 1 aromatic carbocycles. The molecule has 20 heavy (non-hydrogen) atoms. The largest absolute Gasteiger partial charge is 0.348 e. The molecule has 5 heteroatoms. The average Bonchev–Trinajstić information content (AvgIpc) is 2.99. The standard InChI is InChI=1S/C15H18N4O/c20-15(18-13-5-4-8-16-10-13)12-9-17-19(11-12)14-6-2-1-3-7-14/h1-3,6-7,9,11,13,16H,4-5,8,10H2,(H,18,20)/t13-/m1/s1. The molecule has 1 amide bonds. The molecule has 1 atom stereocenters.